The predicted molar refractivity (Wildman–Crippen MR) is 62.5 cm³/mol. The maximum absolute atomic E-state index is 11.8. The summed E-state index contributed by atoms with van der Waals surface area (Å²) in [4.78, 5) is 11.8. The summed E-state index contributed by atoms with van der Waals surface area (Å²) < 4.78 is 0. The van der Waals surface area contributed by atoms with Gasteiger partial charge in [0.05, 0.1) is 0 Å². The molecule has 15 heavy (non-hydrogen) atoms. The second-order valence-corrected chi connectivity index (χ2v) is 4.10. The molecule has 1 fully saturated rings. The van der Waals surface area contributed by atoms with Crippen LogP contribution in [0.2, 0.25) is 0 Å². The van der Waals surface area contributed by atoms with Gasteiger partial charge in [0.25, 0.3) is 0 Å². The van der Waals surface area contributed by atoms with Crippen molar-refractivity contribution in [3.8, 4) is 0 Å². The Morgan fingerprint density at radius 2 is 1.73 bits per heavy atom. The zero-order valence-electron chi connectivity index (χ0n) is 9.12. The van der Waals surface area contributed by atoms with Crippen LogP contribution in [0.25, 0.3) is 5.57 Å². The minimum absolute atomic E-state index is 0.350. The van der Waals surface area contributed by atoms with Crippen LogP contribution in [0, 0.1) is 0 Å². The molecular weight excluding hydrogens is 184 g/mol. The van der Waals surface area contributed by atoms with Gasteiger partial charge in [-0.2, -0.15) is 0 Å². The zero-order chi connectivity index (χ0) is 10.7. The quantitative estimate of drug-likeness (QED) is 0.633. The Kier molecular flexibility index (Phi) is 3.00. The topological polar surface area (TPSA) is 17.1 Å². The maximum atomic E-state index is 11.8. The highest BCUT2D eigenvalue weighted by Crippen LogP contribution is 2.27. The highest BCUT2D eigenvalue weighted by atomic mass is 16.1. The first kappa shape index (κ1) is 10.2. The zero-order valence-corrected chi connectivity index (χ0v) is 9.12. The fourth-order valence-electron chi connectivity index (χ4n) is 2.14. The Balaban J connectivity index is 2.35. The van der Waals surface area contributed by atoms with Gasteiger partial charge in [0, 0.05) is 6.42 Å². The first-order valence-corrected chi connectivity index (χ1v) is 5.57. The molecule has 0 bridgehead atoms. The second-order valence-electron chi connectivity index (χ2n) is 4.10. The fourth-order valence-corrected chi connectivity index (χ4v) is 2.14. The molecule has 1 nitrogen and oxygen atoms in total. The van der Waals surface area contributed by atoms with E-state index < -0.39 is 0 Å². The third kappa shape index (κ3) is 2.17. The van der Waals surface area contributed by atoms with Crippen LogP contribution in [0.15, 0.2) is 35.9 Å². The summed E-state index contributed by atoms with van der Waals surface area (Å²) in [6, 6.07) is 10.2. The number of benzene rings is 1. The third-order valence-corrected chi connectivity index (χ3v) is 3.08. The van der Waals surface area contributed by atoms with Crippen molar-refractivity contribution in [3.63, 3.8) is 0 Å². The Bertz CT molecular complexity index is 387. The van der Waals surface area contributed by atoms with Crippen LogP contribution in [-0.2, 0) is 4.79 Å². The SMILES string of the molecule is C/C(=C1/CCCCC1=O)c1ccccc1. The van der Waals surface area contributed by atoms with Gasteiger partial charge in [0.2, 0.25) is 0 Å². The summed E-state index contributed by atoms with van der Waals surface area (Å²) in [5, 5.41) is 0. The van der Waals surface area contributed by atoms with Crippen molar-refractivity contribution in [2.24, 2.45) is 0 Å². The molecule has 78 valence electrons. The summed E-state index contributed by atoms with van der Waals surface area (Å²) in [6.07, 6.45) is 3.91. The highest BCUT2D eigenvalue weighted by Gasteiger charge is 2.17. The van der Waals surface area contributed by atoms with E-state index in [9.17, 15) is 4.79 Å². The molecule has 1 aromatic carbocycles. The van der Waals surface area contributed by atoms with Crippen LogP contribution >= 0.6 is 0 Å². The van der Waals surface area contributed by atoms with Crippen molar-refractivity contribution in [1.29, 1.82) is 0 Å². The van der Waals surface area contributed by atoms with Crippen LogP contribution in [0.3, 0.4) is 0 Å². The Hall–Kier alpha value is -1.37. The lowest BCUT2D eigenvalue weighted by molar-refractivity contribution is -0.116. The van der Waals surface area contributed by atoms with E-state index in [1.807, 2.05) is 18.2 Å². The molecule has 1 saturated carbocycles. The minimum Gasteiger partial charge on any atom is -0.295 e. The van der Waals surface area contributed by atoms with Gasteiger partial charge in [-0.15, -0.1) is 0 Å². The predicted octanol–water partition coefficient (Wildman–Crippen LogP) is 3.60. The first-order chi connectivity index (χ1) is 7.29. The van der Waals surface area contributed by atoms with Gasteiger partial charge in [0.15, 0.2) is 5.78 Å². The van der Waals surface area contributed by atoms with E-state index in [4.69, 9.17) is 0 Å². The van der Waals surface area contributed by atoms with Gasteiger partial charge >= 0.3 is 0 Å². The smallest absolute Gasteiger partial charge is 0.159 e. The third-order valence-electron chi connectivity index (χ3n) is 3.08. The monoisotopic (exact) mass is 200 g/mol. The van der Waals surface area contributed by atoms with E-state index in [-0.39, 0.29) is 0 Å². The molecule has 1 aliphatic rings. The number of rotatable bonds is 1. The minimum atomic E-state index is 0.350. The van der Waals surface area contributed by atoms with E-state index in [0.717, 1.165) is 31.3 Å². The number of allylic oxidation sites excluding steroid dienone is 2. The molecule has 0 heterocycles. The molecule has 0 N–H and O–H groups in total. The summed E-state index contributed by atoms with van der Waals surface area (Å²) in [6.45, 7) is 2.06. The van der Waals surface area contributed by atoms with E-state index in [1.165, 1.54) is 11.1 Å². The fraction of sp³-hybridized carbons (Fsp3) is 0.357. The lowest BCUT2D eigenvalue weighted by atomic mass is 9.88. The van der Waals surface area contributed by atoms with Gasteiger partial charge in [-0.3, -0.25) is 4.79 Å². The van der Waals surface area contributed by atoms with E-state index in [1.54, 1.807) is 0 Å². The highest BCUT2D eigenvalue weighted by molar-refractivity contribution is 6.02. The van der Waals surface area contributed by atoms with Gasteiger partial charge in [-0.05, 0) is 42.9 Å². The van der Waals surface area contributed by atoms with Crippen LogP contribution < -0.4 is 0 Å². The summed E-state index contributed by atoms with van der Waals surface area (Å²) in [7, 11) is 0. The summed E-state index contributed by atoms with van der Waals surface area (Å²) >= 11 is 0. The maximum Gasteiger partial charge on any atom is 0.159 e. The lowest BCUT2D eigenvalue weighted by Crippen LogP contribution is -2.10. The summed E-state index contributed by atoms with van der Waals surface area (Å²) in [5.41, 5.74) is 3.40. The van der Waals surface area contributed by atoms with Crippen molar-refractivity contribution in [3.05, 3.63) is 41.5 Å². The summed E-state index contributed by atoms with van der Waals surface area (Å²) in [5.74, 6) is 0.350. The number of ketones is 1. The molecular formula is C14H16O. The lowest BCUT2D eigenvalue weighted by Gasteiger charge is -2.16. The molecule has 1 aliphatic carbocycles. The molecule has 0 atom stereocenters. The number of carbonyl (C=O) groups is 1. The molecule has 0 spiro atoms. The molecule has 0 aliphatic heterocycles. The van der Waals surface area contributed by atoms with Gasteiger partial charge < -0.3 is 0 Å². The molecule has 0 radical (unpaired) electrons. The molecule has 0 aromatic heterocycles. The van der Waals surface area contributed by atoms with E-state index in [2.05, 4.69) is 19.1 Å². The van der Waals surface area contributed by atoms with Crippen molar-refractivity contribution in [1.82, 2.24) is 0 Å². The average molecular weight is 200 g/mol. The van der Waals surface area contributed by atoms with E-state index >= 15 is 0 Å². The molecule has 1 aromatic rings. The largest absolute Gasteiger partial charge is 0.295 e. The molecule has 2 rings (SSSR count). The Labute approximate surface area is 90.8 Å². The van der Waals surface area contributed by atoms with Crippen molar-refractivity contribution < 1.29 is 4.79 Å². The molecule has 0 saturated heterocycles. The Morgan fingerprint density at radius 1 is 1.07 bits per heavy atom. The van der Waals surface area contributed by atoms with Crippen molar-refractivity contribution in [2.45, 2.75) is 32.6 Å². The molecule has 1 heteroatoms. The number of hydrogen-bond acceptors (Lipinski definition) is 1. The molecule has 0 unspecified atom stereocenters. The van der Waals surface area contributed by atoms with Gasteiger partial charge in [-0.25, -0.2) is 0 Å². The van der Waals surface area contributed by atoms with Crippen LogP contribution in [0.4, 0.5) is 0 Å². The number of Topliss-reactive ketones (excluding diaryl/α,β-unsaturated/α-hetero) is 1. The standard InChI is InChI=1S/C14H16O/c1-11(12-7-3-2-4-8-12)13-9-5-6-10-14(13)15/h2-4,7-8H,5-6,9-10H2,1H3/b13-11+. The van der Waals surface area contributed by atoms with Gasteiger partial charge in [-0.1, -0.05) is 30.3 Å². The first-order valence-electron chi connectivity index (χ1n) is 5.57. The van der Waals surface area contributed by atoms with Gasteiger partial charge in [0.1, 0.15) is 0 Å². The van der Waals surface area contributed by atoms with Crippen molar-refractivity contribution >= 4 is 11.4 Å². The van der Waals surface area contributed by atoms with Crippen LogP contribution in [0.5, 0.6) is 0 Å². The number of carbonyl (C=O) groups excluding carboxylic acids is 1. The second kappa shape index (κ2) is 4.43. The average Bonchev–Trinajstić information content (AvgIpc) is 2.30. The number of hydrogen-bond donors (Lipinski definition) is 0. The normalized spacial score (nSPS) is 20.2. The van der Waals surface area contributed by atoms with Crippen LogP contribution in [0.1, 0.15) is 38.2 Å². The molecule has 0 amide bonds. The Morgan fingerprint density at radius 3 is 2.40 bits per heavy atom. The van der Waals surface area contributed by atoms with E-state index in [0.29, 0.717) is 5.78 Å². The van der Waals surface area contributed by atoms with Crippen molar-refractivity contribution in [2.75, 3.05) is 0 Å². The van der Waals surface area contributed by atoms with Crippen LogP contribution in [-0.4, -0.2) is 5.78 Å².